The number of rotatable bonds is 6. The monoisotopic (exact) mass is 490 g/mol. The van der Waals surface area contributed by atoms with E-state index in [0.29, 0.717) is 24.3 Å². The molecule has 2 aromatic rings. The molecule has 182 valence electrons. The topological polar surface area (TPSA) is 93.2 Å². The van der Waals surface area contributed by atoms with Crippen LogP contribution in [-0.2, 0) is 24.3 Å². The van der Waals surface area contributed by atoms with E-state index < -0.39 is 40.4 Å². The Morgan fingerprint density at radius 3 is 2.44 bits per heavy atom. The van der Waals surface area contributed by atoms with E-state index in [1.807, 2.05) is 0 Å². The van der Waals surface area contributed by atoms with Gasteiger partial charge in [-0.15, -0.1) is 0 Å². The van der Waals surface area contributed by atoms with Gasteiger partial charge < -0.3 is 14.4 Å². The summed E-state index contributed by atoms with van der Waals surface area (Å²) in [5.41, 5.74) is 0.454. The second-order valence-corrected chi connectivity index (χ2v) is 10.3. The molecule has 0 unspecified atom stereocenters. The number of para-hydroxylation sites is 2. The van der Waals surface area contributed by atoms with Crippen molar-refractivity contribution in [1.29, 1.82) is 0 Å². The van der Waals surface area contributed by atoms with Gasteiger partial charge in [-0.2, -0.15) is 4.31 Å². The molecule has 34 heavy (non-hydrogen) atoms. The normalized spacial score (nSPS) is 18.8. The quantitative estimate of drug-likeness (QED) is 0.578. The maximum Gasteiger partial charge on any atom is 0.348 e. The summed E-state index contributed by atoms with van der Waals surface area (Å²) in [7, 11) is -2.83. The first-order valence-corrected chi connectivity index (χ1v) is 12.7. The lowest BCUT2D eigenvalue weighted by Crippen LogP contribution is -2.52. The average Bonchev–Trinajstić information content (AvgIpc) is 2.86. The van der Waals surface area contributed by atoms with E-state index >= 15 is 0 Å². The number of anilines is 1. The van der Waals surface area contributed by atoms with E-state index in [4.69, 9.17) is 9.47 Å². The highest BCUT2D eigenvalue weighted by molar-refractivity contribution is 7.89. The molecule has 1 aliphatic heterocycles. The van der Waals surface area contributed by atoms with Crippen molar-refractivity contribution < 1.29 is 31.9 Å². The first-order valence-electron chi connectivity index (χ1n) is 11.2. The number of methoxy groups -OCH3 is 1. The number of nitrogens with zero attached hydrogens (tertiary/aromatic N) is 2. The van der Waals surface area contributed by atoms with Crippen LogP contribution in [0.15, 0.2) is 53.4 Å². The van der Waals surface area contributed by atoms with Crippen molar-refractivity contribution in [1.82, 2.24) is 4.31 Å². The zero-order chi connectivity index (χ0) is 24.3. The fourth-order valence-corrected chi connectivity index (χ4v) is 6.10. The van der Waals surface area contributed by atoms with Gasteiger partial charge in [0.25, 0.3) is 0 Å². The van der Waals surface area contributed by atoms with Gasteiger partial charge in [0, 0.05) is 6.04 Å². The number of hydrogen-bond acceptors (Lipinski definition) is 6. The second kappa shape index (κ2) is 10.1. The molecule has 1 saturated carbocycles. The summed E-state index contributed by atoms with van der Waals surface area (Å²) in [6.45, 7) is -0.510. The Hall–Kier alpha value is -2.98. The molecular formula is C24H27FN2O6S. The van der Waals surface area contributed by atoms with Gasteiger partial charge >= 0.3 is 5.97 Å². The van der Waals surface area contributed by atoms with Crippen molar-refractivity contribution >= 4 is 27.6 Å². The Morgan fingerprint density at radius 2 is 1.76 bits per heavy atom. The summed E-state index contributed by atoms with van der Waals surface area (Å²) in [4.78, 5) is 27.0. The molecule has 0 aromatic heterocycles. The Morgan fingerprint density at radius 1 is 1.09 bits per heavy atom. The minimum atomic E-state index is -4.07. The number of carbonyl (C=O) groups is 2. The van der Waals surface area contributed by atoms with Gasteiger partial charge in [-0.1, -0.05) is 31.4 Å². The highest BCUT2D eigenvalue weighted by Crippen LogP contribution is 2.34. The van der Waals surface area contributed by atoms with Crippen molar-refractivity contribution in [3.63, 3.8) is 0 Å². The fraction of sp³-hybridized carbons (Fsp3) is 0.417. The van der Waals surface area contributed by atoms with Gasteiger partial charge in [0.2, 0.25) is 22.0 Å². The smallest absolute Gasteiger partial charge is 0.348 e. The van der Waals surface area contributed by atoms with Crippen molar-refractivity contribution in [2.24, 2.45) is 0 Å². The Bertz CT molecular complexity index is 1150. The maximum atomic E-state index is 13.6. The van der Waals surface area contributed by atoms with Gasteiger partial charge in [-0.05, 0) is 49.2 Å². The van der Waals surface area contributed by atoms with Gasteiger partial charge in [0.05, 0.1) is 30.8 Å². The summed E-state index contributed by atoms with van der Waals surface area (Å²) in [6.07, 6.45) is 2.97. The van der Waals surface area contributed by atoms with E-state index in [0.717, 1.165) is 31.4 Å². The minimum Gasteiger partial charge on any atom is -0.475 e. The first kappa shape index (κ1) is 24.2. The summed E-state index contributed by atoms with van der Waals surface area (Å²) in [5, 5.41) is 0. The van der Waals surface area contributed by atoms with Gasteiger partial charge in [0.15, 0.2) is 0 Å². The van der Waals surface area contributed by atoms with Crippen LogP contribution >= 0.6 is 0 Å². The number of ether oxygens (including phenoxy) is 2. The number of fused-ring (bicyclic) bond motifs is 1. The van der Waals surface area contributed by atoms with Crippen molar-refractivity contribution in [3.8, 4) is 5.75 Å². The van der Waals surface area contributed by atoms with E-state index in [9.17, 15) is 22.4 Å². The zero-order valence-electron chi connectivity index (χ0n) is 18.9. The summed E-state index contributed by atoms with van der Waals surface area (Å²) >= 11 is 0. The predicted octanol–water partition coefficient (Wildman–Crippen LogP) is 3.12. The molecule has 2 aromatic carbocycles. The molecule has 0 bridgehead atoms. The lowest BCUT2D eigenvalue weighted by molar-refractivity contribution is -0.148. The van der Waals surface area contributed by atoms with Crippen LogP contribution < -0.4 is 9.64 Å². The van der Waals surface area contributed by atoms with E-state index in [1.165, 1.54) is 28.4 Å². The summed E-state index contributed by atoms with van der Waals surface area (Å²) < 4.78 is 52.3. The molecule has 0 spiro atoms. The molecule has 0 saturated heterocycles. The maximum absolute atomic E-state index is 13.6. The number of amides is 1. The number of hydrogen-bond donors (Lipinski definition) is 0. The van der Waals surface area contributed by atoms with Crippen LogP contribution in [0.5, 0.6) is 5.75 Å². The van der Waals surface area contributed by atoms with Gasteiger partial charge in [-0.3, -0.25) is 4.79 Å². The Labute approximate surface area is 198 Å². The van der Waals surface area contributed by atoms with Crippen molar-refractivity contribution in [2.75, 3.05) is 25.1 Å². The molecular weight excluding hydrogens is 463 g/mol. The first-order chi connectivity index (χ1) is 16.3. The van der Waals surface area contributed by atoms with Gasteiger partial charge in [0.1, 0.15) is 11.6 Å². The van der Waals surface area contributed by atoms with E-state index in [2.05, 4.69) is 0 Å². The van der Waals surface area contributed by atoms with Crippen LogP contribution in [0.3, 0.4) is 0 Å². The molecule has 10 heteroatoms. The van der Waals surface area contributed by atoms with Crippen LogP contribution in [-0.4, -0.2) is 56.9 Å². The third-order valence-corrected chi connectivity index (χ3v) is 8.14. The Balaban J connectivity index is 1.66. The van der Waals surface area contributed by atoms with E-state index in [1.54, 1.807) is 24.3 Å². The highest BCUT2D eigenvalue weighted by atomic mass is 32.2. The van der Waals surface area contributed by atoms with Crippen LogP contribution in [0, 0.1) is 5.82 Å². The predicted molar refractivity (Wildman–Crippen MR) is 122 cm³/mol. The molecule has 8 nitrogen and oxygen atoms in total. The number of sulfonamides is 1. The Kier molecular flexibility index (Phi) is 7.18. The molecule has 1 amide bonds. The largest absolute Gasteiger partial charge is 0.475 e. The zero-order valence-corrected chi connectivity index (χ0v) is 19.7. The molecule has 0 N–H and O–H groups in total. The summed E-state index contributed by atoms with van der Waals surface area (Å²) in [5.74, 6) is -1.32. The van der Waals surface area contributed by atoms with Crippen LogP contribution in [0.4, 0.5) is 10.1 Å². The van der Waals surface area contributed by atoms with Gasteiger partial charge in [-0.25, -0.2) is 17.6 Å². The van der Waals surface area contributed by atoms with Crippen molar-refractivity contribution in [2.45, 2.75) is 49.1 Å². The number of benzene rings is 2. The lowest BCUT2D eigenvalue weighted by atomic mass is 9.95. The van der Waals surface area contributed by atoms with Crippen LogP contribution in [0.2, 0.25) is 0 Å². The summed E-state index contributed by atoms with van der Waals surface area (Å²) in [6, 6.07) is 11.0. The molecule has 1 atom stereocenters. The van der Waals surface area contributed by atoms with Crippen LogP contribution in [0.1, 0.15) is 32.1 Å². The third-order valence-electron chi connectivity index (χ3n) is 6.23. The molecule has 1 aliphatic carbocycles. The minimum absolute atomic E-state index is 0.0675. The molecule has 2 aliphatic rings. The molecule has 1 heterocycles. The lowest BCUT2D eigenvalue weighted by Gasteiger charge is -2.37. The fourth-order valence-electron chi connectivity index (χ4n) is 4.46. The number of carbonyl (C=O) groups excluding carboxylic acids is 2. The number of halogens is 1. The molecule has 4 rings (SSSR count). The standard InChI is InChI=1S/C24H27FN2O6S/c1-32-24(29)22-15-26(20-9-5-6-10-21(20)33-22)23(28)16-27(18-7-3-2-4-8-18)34(30,31)19-13-11-17(25)12-14-19/h5-6,9-14,18,22H,2-4,7-8,15-16H2,1H3/t22-/m1/s1. The van der Waals surface area contributed by atoms with E-state index in [-0.39, 0.29) is 17.5 Å². The third kappa shape index (κ3) is 4.92. The SMILES string of the molecule is COC(=O)[C@H]1CN(C(=O)CN(C2CCCCC2)S(=O)(=O)c2ccc(F)cc2)c2ccccc2O1. The average molecular weight is 491 g/mol. The molecule has 1 fully saturated rings. The number of esters is 1. The second-order valence-electron chi connectivity index (χ2n) is 8.40. The van der Waals surface area contributed by atoms with Crippen LogP contribution in [0.25, 0.3) is 0 Å². The van der Waals surface area contributed by atoms with Crippen molar-refractivity contribution in [3.05, 3.63) is 54.3 Å². The molecule has 0 radical (unpaired) electrons. The highest BCUT2D eigenvalue weighted by Gasteiger charge is 2.39.